The van der Waals surface area contributed by atoms with Crippen molar-refractivity contribution < 1.29 is 19.1 Å². The van der Waals surface area contributed by atoms with Crippen molar-refractivity contribution in [1.82, 2.24) is 0 Å². The number of hydrogen-bond acceptors (Lipinski definition) is 6. The van der Waals surface area contributed by atoms with Crippen molar-refractivity contribution in [1.29, 1.82) is 0 Å². The van der Waals surface area contributed by atoms with Crippen LogP contribution in [0.1, 0.15) is 116 Å². The van der Waals surface area contributed by atoms with Crippen LogP contribution in [0.3, 0.4) is 0 Å². The Morgan fingerprint density at radius 3 is 2.45 bits per heavy atom. The Labute approximate surface area is 265 Å². The first-order chi connectivity index (χ1) is 20.9. The van der Waals surface area contributed by atoms with E-state index in [4.69, 9.17) is 20.9 Å². The number of esters is 2. The molecule has 0 amide bonds. The highest BCUT2D eigenvalue weighted by atomic mass is 16.5. The average molecular weight is 605 g/mol. The molecule has 8 atom stereocenters. The molecule has 0 bridgehead atoms. The SMILES string of the molecule is CC(C)CCCC(C)C1CCC2C3CC=C4CC(OC(=O)C=CCOC(=O)c5cc(N)cc(N)c5)CCC4(C)C3CCC12C. The maximum Gasteiger partial charge on any atom is 0.338 e. The van der Waals surface area contributed by atoms with Crippen molar-refractivity contribution >= 4 is 23.3 Å². The van der Waals surface area contributed by atoms with Gasteiger partial charge in [0.05, 0.1) is 5.56 Å². The molecule has 0 aliphatic heterocycles. The number of allylic oxidation sites excluding steroid dienone is 1. The standard InChI is InChI=1S/C38H56N2O4/c1-24(2)8-6-9-25(3)32-13-14-33-31-12-11-27-22-30(15-17-37(27,4)34(31)16-18-38(32,33)5)44-35(41)10-7-19-43-36(42)26-20-28(39)23-29(40)21-26/h7,10-11,20-21,23-25,30-34H,6,8-9,12-19,22,39-40H2,1-5H3. The Morgan fingerprint density at radius 1 is 0.977 bits per heavy atom. The molecule has 0 heterocycles. The number of hydrogen-bond donors (Lipinski definition) is 2. The first kappa shape index (κ1) is 32.6. The summed E-state index contributed by atoms with van der Waals surface area (Å²) in [6.07, 6.45) is 19.0. The Balaban J connectivity index is 1.13. The summed E-state index contributed by atoms with van der Waals surface area (Å²) in [7, 11) is 0. The van der Waals surface area contributed by atoms with Crippen molar-refractivity contribution in [3.63, 3.8) is 0 Å². The van der Waals surface area contributed by atoms with E-state index in [1.165, 1.54) is 81.2 Å². The second kappa shape index (κ2) is 13.3. The highest BCUT2D eigenvalue weighted by molar-refractivity contribution is 5.91. The molecule has 44 heavy (non-hydrogen) atoms. The van der Waals surface area contributed by atoms with Gasteiger partial charge in [0.25, 0.3) is 0 Å². The van der Waals surface area contributed by atoms with Crippen LogP contribution in [0.15, 0.2) is 42.0 Å². The van der Waals surface area contributed by atoms with E-state index in [1.807, 2.05) is 0 Å². The van der Waals surface area contributed by atoms with Gasteiger partial charge in [0.15, 0.2) is 0 Å². The van der Waals surface area contributed by atoms with Crippen LogP contribution in [0.4, 0.5) is 11.4 Å². The van der Waals surface area contributed by atoms with Gasteiger partial charge in [-0.15, -0.1) is 0 Å². The Morgan fingerprint density at radius 2 is 1.73 bits per heavy atom. The van der Waals surface area contributed by atoms with Crippen LogP contribution in [0, 0.1) is 46.3 Å². The number of ether oxygens (including phenoxy) is 2. The summed E-state index contributed by atoms with van der Waals surface area (Å²) < 4.78 is 11.1. The monoisotopic (exact) mass is 604 g/mol. The maximum atomic E-state index is 12.6. The van der Waals surface area contributed by atoms with Crippen molar-refractivity contribution in [3.05, 3.63) is 47.6 Å². The zero-order valence-electron chi connectivity index (χ0n) is 27.8. The minimum atomic E-state index is -0.538. The molecule has 1 aromatic rings. The quantitative estimate of drug-likeness (QED) is 0.120. The lowest BCUT2D eigenvalue weighted by molar-refractivity contribution is -0.145. The highest BCUT2D eigenvalue weighted by Crippen LogP contribution is 2.67. The molecule has 6 nitrogen and oxygen atoms in total. The summed E-state index contributed by atoms with van der Waals surface area (Å²) in [4.78, 5) is 24.9. The van der Waals surface area contributed by atoms with E-state index in [0.717, 1.165) is 54.8 Å². The van der Waals surface area contributed by atoms with Crippen LogP contribution in [0.25, 0.3) is 0 Å². The molecule has 0 spiro atoms. The lowest BCUT2D eigenvalue weighted by Gasteiger charge is -2.58. The molecule has 0 aromatic heterocycles. The number of nitrogen functional groups attached to an aromatic ring is 2. The number of carbonyl (C=O) groups excluding carboxylic acids is 2. The normalized spacial score (nSPS) is 33.7. The van der Waals surface area contributed by atoms with Gasteiger partial charge >= 0.3 is 11.9 Å². The molecule has 242 valence electrons. The smallest absolute Gasteiger partial charge is 0.338 e. The van der Waals surface area contributed by atoms with Crippen LogP contribution < -0.4 is 11.5 Å². The van der Waals surface area contributed by atoms with Gasteiger partial charge in [0.2, 0.25) is 0 Å². The van der Waals surface area contributed by atoms with Gasteiger partial charge in [-0.2, -0.15) is 0 Å². The van der Waals surface area contributed by atoms with E-state index in [1.54, 1.807) is 6.07 Å². The molecule has 3 fully saturated rings. The van der Waals surface area contributed by atoms with Gasteiger partial charge < -0.3 is 20.9 Å². The number of benzene rings is 1. The largest absolute Gasteiger partial charge is 0.459 e. The minimum absolute atomic E-state index is 0.0305. The zero-order chi connectivity index (χ0) is 31.6. The topological polar surface area (TPSA) is 105 Å². The predicted molar refractivity (Wildman–Crippen MR) is 178 cm³/mol. The summed E-state index contributed by atoms with van der Waals surface area (Å²) in [5, 5.41) is 0. The van der Waals surface area contributed by atoms with Gasteiger partial charge in [0, 0.05) is 23.9 Å². The maximum absolute atomic E-state index is 12.6. The number of carbonyl (C=O) groups is 2. The van der Waals surface area contributed by atoms with Gasteiger partial charge in [-0.1, -0.05) is 65.5 Å². The van der Waals surface area contributed by atoms with Crippen molar-refractivity contribution in [3.8, 4) is 0 Å². The van der Waals surface area contributed by atoms with Gasteiger partial charge in [-0.25, -0.2) is 9.59 Å². The van der Waals surface area contributed by atoms with Crippen LogP contribution in [-0.4, -0.2) is 24.6 Å². The molecule has 1 aromatic carbocycles. The number of nitrogens with two attached hydrogens (primary N) is 2. The predicted octanol–water partition coefficient (Wildman–Crippen LogP) is 8.52. The lowest BCUT2D eigenvalue weighted by atomic mass is 9.47. The summed E-state index contributed by atoms with van der Waals surface area (Å²) in [6.45, 7) is 12.4. The zero-order valence-corrected chi connectivity index (χ0v) is 27.8. The molecule has 6 heteroatoms. The molecule has 5 rings (SSSR count). The van der Waals surface area contributed by atoms with Gasteiger partial charge in [-0.3, -0.25) is 0 Å². The molecule has 4 N–H and O–H groups in total. The van der Waals surface area contributed by atoms with Gasteiger partial charge in [-0.05, 0) is 116 Å². The second-order valence-electron chi connectivity index (χ2n) is 15.5. The summed E-state index contributed by atoms with van der Waals surface area (Å²) >= 11 is 0. The molecule has 4 aliphatic carbocycles. The number of rotatable bonds is 10. The summed E-state index contributed by atoms with van der Waals surface area (Å²) in [5.74, 6) is 3.98. The molecule has 0 radical (unpaired) electrons. The second-order valence-corrected chi connectivity index (χ2v) is 15.5. The van der Waals surface area contributed by atoms with Crippen LogP contribution in [-0.2, 0) is 14.3 Å². The van der Waals surface area contributed by atoms with Crippen LogP contribution >= 0.6 is 0 Å². The minimum Gasteiger partial charge on any atom is -0.459 e. The van der Waals surface area contributed by atoms with E-state index in [9.17, 15) is 9.59 Å². The Kier molecular flexibility index (Phi) is 9.87. The highest BCUT2D eigenvalue weighted by Gasteiger charge is 2.59. The van der Waals surface area contributed by atoms with Gasteiger partial charge in [0.1, 0.15) is 12.7 Å². The fraction of sp³-hybridized carbons (Fsp3) is 0.684. The van der Waals surface area contributed by atoms with Crippen LogP contribution in [0.5, 0.6) is 0 Å². The van der Waals surface area contributed by atoms with E-state index in [-0.39, 0.29) is 29.7 Å². The van der Waals surface area contributed by atoms with Crippen molar-refractivity contribution in [2.45, 2.75) is 111 Å². The third kappa shape index (κ3) is 6.74. The lowest BCUT2D eigenvalue weighted by Crippen LogP contribution is -2.51. The van der Waals surface area contributed by atoms with E-state index in [2.05, 4.69) is 40.7 Å². The van der Waals surface area contributed by atoms with E-state index in [0.29, 0.717) is 16.8 Å². The first-order valence-electron chi connectivity index (χ1n) is 17.3. The molecule has 0 saturated heterocycles. The van der Waals surface area contributed by atoms with Crippen LogP contribution in [0.2, 0.25) is 0 Å². The third-order valence-electron chi connectivity index (χ3n) is 12.3. The fourth-order valence-electron chi connectivity index (χ4n) is 10.1. The van der Waals surface area contributed by atoms with E-state index < -0.39 is 5.97 Å². The Bertz CT molecular complexity index is 1250. The van der Waals surface area contributed by atoms with Crippen molar-refractivity contribution in [2.75, 3.05) is 18.1 Å². The number of anilines is 2. The molecule has 3 saturated carbocycles. The summed E-state index contributed by atoms with van der Waals surface area (Å²) in [5.41, 5.74) is 14.8. The first-order valence-corrected chi connectivity index (χ1v) is 17.3. The Hall–Kier alpha value is -2.76. The fourth-order valence-corrected chi connectivity index (χ4v) is 10.1. The third-order valence-corrected chi connectivity index (χ3v) is 12.3. The number of fused-ring (bicyclic) bond motifs is 5. The van der Waals surface area contributed by atoms with Crippen molar-refractivity contribution in [2.24, 2.45) is 46.3 Å². The molecule has 8 unspecified atom stereocenters. The average Bonchev–Trinajstić information content (AvgIpc) is 3.32. The molecule has 4 aliphatic rings. The molecular weight excluding hydrogens is 548 g/mol. The summed E-state index contributed by atoms with van der Waals surface area (Å²) in [6, 6.07) is 4.61. The van der Waals surface area contributed by atoms with E-state index >= 15 is 0 Å². The molecular formula is C38H56N2O4.